The number of aromatic hydroxyl groups is 1. The van der Waals surface area contributed by atoms with Gasteiger partial charge in [0.15, 0.2) is 0 Å². The number of rotatable bonds is 9. The number of benzene rings is 6. The van der Waals surface area contributed by atoms with Gasteiger partial charge >= 0.3 is 0 Å². The molecule has 0 amide bonds. The predicted octanol–water partition coefficient (Wildman–Crippen LogP) is 16.2. The monoisotopic (exact) mass is 1020 g/mol. The van der Waals surface area contributed by atoms with E-state index in [9.17, 15) is 5.11 Å². The minimum atomic E-state index is -0.669. The van der Waals surface area contributed by atoms with Crippen LogP contribution in [0, 0.1) is 6.07 Å². The molecule has 2 aromatic heterocycles. The van der Waals surface area contributed by atoms with Gasteiger partial charge in [-0.3, -0.25) is 9.55 Å². The Morgan fingerprint density at radius 1 is 0.609 bits per heavy atom. The molecule has 0 aliphatic rings. The van der Waals surface area contributed by atoms with Crippen molar-refractivity contribution in [2.24, 2.45) is 0 Å². The van der Waals surface area contributed by atoms with Gasteiger partial charge in [0, 0.05) is 34.3 Å². The van der Waals surface area contributed by atoms with Gasteiger partial charge in [-0.25, -0.2) is 4.98 Å². The Hall–Kier alpha value is -5.57. The van der Waals surface area contributed by atoms with Crippen LogP contribution in [0.3, 0.4) is 0 Å². The summed E-state index contributed by atoms with van der Waals surface area (Å²) < 4.78 is 10.8. The summed E-state index contributed by atoms with van der Waals surface area (Å²) in [6, 6.07) is 48.8. The molecule has 6 aromatic carbocycles. The maximum absolute atomic E-state index is 12.3. The molecular formula is C59H62N3OPt-. The number of aromatic nitrogens is 3. The molecule has 8 rings (SSSR count). The summed E-state index contributed by atoms with van der Waals surface area (Å²) in [6.07, 6.45) is 1.87. The second-order valence-electron chi connectivity index (χ2n) is 20.1. The number of pyridine rings is 1. The molecule has 4 nitrogen and oxygen atoms in total. The largest absolute Gasteiger partial charge is 0.507 e. The smallest absolute Gasteiger partial charge is 0.148 e. The van der Waals surface area contributed by atoms with Crippen molar-refractivity contribution >= 4 is 11.0 Å². The number of fused-ring (bicyclic) bond motifs is 1. The van der Waals surface area contributed by atoms with Gasteiger partial charge in [0.1, 0.15) is 11.6 Å². The molecule has 2 heterocycles. The van der Waals surface area contributed by atoms with E-state index in [-0.39, 0.29) is 49.5 Å². The fourth-order valence-electron chi connectivity index (χ4n) is 8.55. The minimum Gasteiger partial charge on any atom is -0.507 e. The molecule has 0 saturated heterocycles. The topological polar surface area (TPSA) is 50.9 Å². The van der Waals surface area contributed by atoms with E-state index in [0.29, 0.717) is 5.82 Å². The molecule has 0 fully saturated rings. The number of imidazole rings is 1. The minimum absolute atomic E-state index is 0. The summed E-state index contributed by atoms with van der Waals surface area (Å²) in [5, 5.41) is 12.3. The molecule has 8 aromatic rings. The van der Waals surface area contributed by atoms with Crippen LogP contribution in [0.15, 0.2) is 134 Å². The molecule has 0 unspecified atom stereocenters. The van der Waals surface area contributed by atoms with Gasteiger partial charge in [-0.15, -0.1) is 29.3 Å². The van der Waals surface area contributed by atoms with Crippen molar-refractivity contribution in [1.82, 2.24) is 14.5 Å². The summed E-state index contributed by atoms with van der Waals surface area (Å²) >= 11 is 0. The van der Waals surface area contributed by atoms with Crippen LogP contribution in [-0.4, -0.2) is 19.6 Å². The van der Waals surface area contributed by atoms with E-state index in [1.807, 2.05) is 38.2 Å². The van der Waals surface area contributed by atoms with Crippen LogP contribution in [0.4, 0.5) is 0 Å². The second-order valence-corrected chi connectivity index (χ2v) is 20.1. The van der Waals surface area contributed by atoms with Gasteiger partial charge in [0.05, 0.1) is 22.3 Å². The maximum Gasteiger partial charge on any atom is 0.148 e. The molecule has 0 aliphatic heterocycles. The van der Waals surface area contributed by atoms with Crippen LogP contribution < -0.4 is 0 Å². The Kier molecular flexibility index (Phi) is 12.8. The SMILES string of the molecule is [2H]C(C)(C)c1ccc(-c2ccnc(-c3[c-]c(-c4cccc5c4nc(-c4cc(C(C)C)cc(C(C)C)c4O)n5-c4ccc(-c5ccccc5)cc4C(C)(C)C)cc(C(C)(C)C)c3)c2)cc1.[Pt]. The number of nitrogens with zero attached hydrogens (tertiary/aromatic N) is 3. The van der Waals surface area contributed by atoms with Crippen molar-refractivity contribution in [3.63, 3.8) is 0 Å². The third-order valence-corrected chi connectivity index (χ3v) is 12.4. The zero-order valence-corrected chi connectivity index (χ0v) is 41.7. The second kappa shape index (κ2) is 18.1. The molecule has 1 N–H and O–H groups in total. The van der Waals surface area contributed by atoms with Gasteiger partial charge in [0.25, 0.3) is 0 Å². The van der Waals surface area contributed by atoms with E-state index in [2.05, 4.69) is 189 Å². The fraction of sp³-hybridized carbons (Fsp3) is 0.288. The number of para-hydroxylation sites is 1. The number of phenols is 1. The Balaban J connectivity index is 0.00000630. The number of hydrogen-bond donors (Lipinski definition) is 1. The van der Waals surface area contributed by atoms with Gasteiger partial charge in [0.2, 0.25) is 0 Å². The van der Waals surface area contributed by atoms with Crippen LogP contribution in [0.2, 0.25) is 0 Å². The molecule has 5 heteroatoms. The van der Waals surface area contributed by atoms with Gasteiger partial charge in [-0.05, 0) is 103 Å². The molecule has 0 aliphatic carbocycles. The first-order valence-electron chi connectivity index (χ1n) is 22.9. The van der Waals surface area contributed by atoms with E-state index in [0.717, 1.165) is 89.2 Å². The quantitative estimate of drug-likeness (QED) is 0.147. The summed E-state index contributed by atoms with van der Waals surface area (Å²) in [6.45, 7) is 26.0. The van der Waals surface area contributed by atoms with E-state index >= 15 is 0 Å². The molecular weight excluding hydrogens is 962 g/mol. The molecule has 0 spiro atoms. The average Bonchev–Trinajstić information content (AvgIpc) is 3.65. The van der Waals surface area contributed by atoms with Crippen molar-refractivity contribution in [1.29, 1.82) is 0 Å². The molecule has 64 heavy (non-hydrogen) atoms. The van der Waals surface area contributed by atoms with Gasteiger partial charge in [-0.2, -0.15) is 0 Å². The first-order chi connectivity index (χ1) is 30.2. The molecule has 0 bridgehead atoms. The molecule has 0 atom stereocenters. The third kappa shape index (κ3) is 9.18. The van der Waals surface area contributed by atoms with Gasteiger partial charge in [-0.1, -0.05) is 179 Å². The molecule has 330 valence electrons. The van der Waals surface area contributed by atoms with Crippen LogP contribution in [0.25, 0.3) is 72.7 Å². The Labute approximate surface area is 397 Å². The predicted molar refractivity (Wildman–Crippen MR) is 266 cm³/mol. The normalized spacial score (nSPS) is 12.5. The van der Waals surface area contributed by atoms with Crippen LogP contribution >= 0.6 is 0 Å². The Morgan fingerprint density at radius 2 is 1.27 bits per heavy atom. The zero-order chi connectivity index (χ0) is 45.9. The molecule has 0 saturated carbocycles. The van der Waals surface area contributed by atoms with E-state index < -0.39 is 5.89 Å². The fourth-order valence-corrected chi connectivity index (χ4v) is 8.55. The maximum atomic E-state index is 12.3. The average molecular weight is 1030 g/mol. The Morgan fingerprint density at radius 3 is 1.91 bits per heavy atom. The first kappa shape index (κ1) is 45.0. The van der Waals surface area contributed by atoms with Crippen molar-refractivity contribution in [2.75, 3.05) is 0 Å². The van der Waals surface area contributed by atoms with E-state index in [1.54, 1.807) is 0 Å². The van der Waals surface area contributed by atoms with E-state index in [4.69, 9.17) is 11.3 Å². The summed E-state index contributed by atoms with van der Waals surface area (Å²) in [7, 11) is 0. The van der Waals surface area contributed by atoms with Crippen LogP contribution in [-0.2, 0) is 31.9 Å². The summed E-state index contributed by atoms with van der Waals surface area (Å²) in [5.41, 5.74) is 16.6. The van der Waals surface area contributed by atoms with Crippen molar-refractivity contribution in [2.45, 2.75) is 112 Å². The third-order valence-electron chi connectivity index (χ3n) is 12.4. The van der Waals surface area contributed by atoms with Crippen LogP contribution in [0.5, 0.6) is 5.75 Å². The summed E-state index contributed by atoms with van der Waals surface area (Å²) in [5.74, 6) is 0.649. The summed E-state index contributed by atoms with van der Waals surface area (Å²) in [4.78, 5) is 10.5. The molecule has 0 radical (unpaired) electrons. The van der Waals surface area contributed by atoms with Crippen molar-refractivity contribution < 1.29 is 27.5 Å². The zero-order valence-electron chi connectivity index (χ0n) is 40.5. The number of phenolic OH excluding ortho intramolecular Hbond substituents is 1. The van der Waals surface area contributed by atoms with Crippen molar-refractivity contribution in [3.05, 3.63) is 167 Å². The Bertz CT molecular complexity index is 3000. The van der Waals surface area contributed by atoms with Crippen LogP contribution in [0.1, 0.15) is 130 Å². The first-order valence-corrected chi connectivity index (χ1v) is 22.4. The van der Waals surface area contributed by atoms with E-state index in [1.165, 1.54) is 5.56 Å². The van der Waals surface area contributed by atoms with Gasteiger partial charge < -0.3 is 5.11 Å². The number of hydrogen-bond acceptors (Lipinski definition) is 3. The standard InChI is InChI=1S/C59H62N3O.Pt/c1-36(2)39-21-23-41(24-22-39)43-27-28-60-52(35-43)46-29-45(30-47(31-46)58(7,8)9)48-19-16-20-54-55(48)61-57(50-33-44(37(3)4)32-49(38(5)6)56(50)63)62(54)53-26-25-42(34-51(53)59(10,11)12)40-17-14-13-15-18-40;/h13-28,30-38,63H,1-12H3;/q-1;/i36D;. The van der Waals surface area contributed by atoms with Crippen molar-refractivity contribution in [3.8, 4) is 67.5 Å².